The molecular weight excluding hydrogens is 460 g/mol. The first-order valence-corrected chi connectivity index (χ1v) is 9.84. The number of carboxylic acid groups (broad SMARTS) is 2. The van der Waals surface area contributed by atoms with E-state index in [2.05, 4.69) is 5.32 Å². The second-order valence-electron chi connectivity index (χ2n) is 7.42. The molecule has 0 bridgehead atoms. The summed E-state index contributed by atoms with van der Waals surface area (Å²) in [6.45, 7) is 0.353. The number of rotatable bonds is 6. The van der Waals surface area contributed by atoms with E-state index in [9.17, 15) is 24.9 Å². The Balaban J connectivity index is 0.00000181. The van der Waals surface area contributed by atoms with Gasteiger partial charge in [0.1, 0.15) is 0 Å². The van der Waals surface area contributed by atoms with Crippen molar-refractivity contribution in [3.63, 3.8) is 0 Å². The van der Waals surface area contributed by atoms with Crippen molar-refractivity contribution >= 4 is 82.7 Å². The Kier molecular flexibility index (Phi) is 9.50. The molecule has 11 heteroatoms. The van der Waals surface area contributed by atoms with Gasteiger partial charge in [-0.15, -0.1) is 0 Å². The van der Waals surface area contributed by atoms with E-state index in [-0.39, 0.29) is 76.7 Å². The molecule has 2 unspecified atom stereocenters. The monoisotopic (exact) mass is 481 g/mol. The molecule has 2 aliphatic rings. The normalized spacial score (nSPS) is 18.5. The van der Waals surface area contributed by atoms with Crippen LogP contribution in [0.2, 0.25) is 5.02 Å². The first-order chi connectivity index (χ1) is 14.3. The minimum absolute atomic E-state index is 0. The predicted molar refractivity (Wildman–Crippen MR) is 120 cm³/mol. The molecule has 0 radical (unpaired) electrons. The van der Waals surface area contributed by atoms with Gasteiger partial charge in [-0.2, -0.15) is 0 Å². The Hall–Kier alpha value is -0.810. The number of benzene rings is 2. The quantitative estimate of drug-likeness (QED) is 0.354. The van der Waals surface area contributed by atoms with E-state index in [4.69, 9.17) is 21.1 Å². The van der Waals surface area contributed by atoms with Crippen LogP contribution < -0.4 is 14.8 Å². The van der Waals surface area contributed by atoms with Gasteiger partial charge >= 0.3 is 76.8 Å². The zero-order valence-electron chi connectivity index (χ0n) is 15.8. The summed E-state index contributed by atoms with van der Waals surface area (Å²) in [5.41, 5.74) is 2.61. The maximum atomic E-state index is 11.4. The van der Waals surface area contributed by atoms with Gasteiger partial charge in [0.25, 0.3) is 0 Å². The number of aliphatic carboxylic acids is 2. The van der Waals surface area contributed by atoms with Crippen LogP contribution in [-0.4, -0.2) is 105 Å². The summed E-state index contributed by atoms with van der Waals surface area (Å²) in [5, 5.41) is 32.8. The second kappa shape index (κ2) is 11.1. The third-order valence-electron chi connectivity index (χ3n) is 5.40. The fourth-order valence-corrected chi connectivity index (χ4v) is 4.00. The standard InChI is InChI=1S/C21H20ClNO7.2Na.2H/c22-14-3-1-2-12(6-14)16(24)10-23-15-5-4-11-8-17-18(9-13(11)7-15)30-21(29-17,19(25)26)20(27)28;;;;/h1-3,6,8-9,15-16,23-24H,4-5,7,10H2,(H,25,26)(H,27,28);;;;. The van der Waals surface area contributed by atoms with E-state index in [1.807, 2.05) is 6.07 Å². The molecule has 0 fully saturated rings. The number of fused-ring (bicyclic) bond motifs is 2. The summed E-state index contributed by atoms with van der Waals surface area (Å²) in [7, 11) is 0. The zero-order chi connectivity index (χ0) is 21.5. The molecule has 1 aliphatic carbocycles. The third kappa shape index (κ3) is 5.46. The molecule has 162 valence electrons. The number of nitrogens with one attached hydrogen (secondary N) is 1. The number of aliphatic hydroxyl groups excluding tert-OH is 1. The van der Waals surface area contributed by atoms with Gasteiger partial charge in [0, 0.05) is 17.6 Å². The summed E-state index contributed by atoms with van der Waals surface area (Å²) in [6, 6.07) is 10.4. The van der Waals surface area contributed by atoms with Gasteiger partial charge < -0.3 is 30.1 Å². The Morgan fingerprint density at radius 2 is 1.72 bits per heavy atom. The molecule has 1 aliphatic heterocycles. The first kappa shape index (κ1) is 27.4. The van der Waals surface area contributed by atoms with Crippen LogP contribution >= 0.6 is 11.6 Å². The number of hydrogen-bond donors (Lipinski definition) is 4. The second-order valence-corrected chi connectivity index (χ2v) is 7.85. The molecule has 0 saturated carbocycles. The summed E-state index contributed by atoms with van der Waals surface area (Å²) >= 11 is 5.97. The van der Waals surface area contributed by atoms with Gasteiger partial charge in [-0.1, -0.05) is 23.7 Å². The van der Waals surface area contributed by atoms with Gasteiger partial charge in [-0.3, -0.25) is 0 Å². The molecule has 2 atom stereocenters. The summed E-state index contributed by atoms with van der Waals surface area (Å²) in [5.74, 6) is -6.00. The van der Waals surface area contributed by atoms with Crippen LogP contribution in [0, 0.1) is 0 Å². The van der Waals surface area contributed by atoms with Crippen LogP contribution in [0.1, 0.15) is 29.2 Å². The summed E-state index contributed by atoms with van der Waals surface area (Å²) in [6.07, 6.45) is 1.43. The Morgan fingerprint density at radius 3 is 2.31 bits per heavy atom. The summed E-state index contributed by atoms with van der Waals surface area (Å²) in [4.78, 5) is 22.8. The molecule has 0 spiro atoms. The molecule has 0 amide bonds. The Morgan fingerprint density at radius 1 is 1.09 bits per heavy atom. The topological polar surface area (TPSA) is 125 Å². The number of aliphatic hydroxyl groups is 1. The number of carbonyl (C=O) groups is 2. The molecule has 1 heterocycles. The van der Waals surface area contributed by atoms with Crippen LogP contribution in [0.4, 0.5) is 0 Å². The maximum absolute atomic E-state index is 11.4. The molecular formula is C21H22ClNNa2O7. The van der Waals surface area contributed by atoms with E-state index in [0.717, 1.165) is 23.1 Å². The number of ether oxygens (including phenoxy) is 2. The fraction of sp³-hybridized carbons (Fsp3) is 0.333. The molecule has 0 aromatic heterocycles. The first-order valence-electron chi connectivity index (χ1n) is 9.46. The predicted octanol–water partition coefficient (Wildman–Crippen LogP) is 0.860. The molecule has 2 aromatic carbocycles. The van der Waals surface area contributed by atoms with Gasteiger partial charge in [0.2, 0.25) is 0 Å². The van der Waals surface area contributed by atoms with Gasteiger partial charge in [-0.25, -0.2) is 9.59 Å². The SMILES string of the molecule is O=C(O)C1(C(=O)O)Oc2cc3c(cc2O1)CC(NCC(O)c1cccc(Cl)c1)CC3.[NaH].[NaH]. The van der Waals surface area contributed by atoms with E-state index in [0.29, 0.717) is 24.4 Å². The van der Waals surface area contributed by atoms with Crippen molar-refractivity contribution in [3.8, 4) is 11.5 Å². The number of hydrogen-bond acceptors (Lipinski definition) is 6. The molecule has 8 nitrogen and oxygen atoms in total. The van der Waals surface area contributed by atoms with Gasteiger partial charge in [-0.05, 0) is 60.2 Å². The minimum atomic E-state index is -2.76. The zero-order valence-corrected chi connectivity index (χ0v) is 16.6. The van der Waals surface area contributed by atoms with Crippen molar-refractivity contribution in [2.75, 3.05) is 6.54 Å². The van der Waals surface area contributed by atoms with E-state index >= 15 is 0 Å². The van der Waals surface area contributed by atoms with Crippen molar-refractivity contribution in [2.24, 2.45) is 0 Å². The number of aryl methyl sites for hydroxylation is 1. The Labute approximate surface area is 233 Å². The Bertz CT molecular complexity index is 1010. The number of halogens is 1. The van der Waals surface area contributed by atoms with Gasteiger partial charge in [0.05, 0.1) is 6.10 Å². The van der Waals surface area contributed by atoms with Crippen LogP contribution in [0.25, 0.3) is 0 Å². The van der Waals surface area contributed by atoms with Crippen molar-refractivity contribution in [1.29, 1.82) is 0 Å². The number of carboxylic acids is 2. The van der Waals surface area contributed by atoms with Gasteiger partial charge in [0.15, 0.2) is 11.5 Å². The van der Waals surface area contributed by atoms with E-state index < -0.39 is 23.8 Å². The van der Waals surface area contributed by atoms with Crippen LogP contribution in [0.3, 0.4) is 0 Å². The van der Waals surface area contributed by atoms with Crippen LogP contribution in [-0.2, 0) is 22.4 Å². The average molecular weight is 482 g/mol. The van der Waals surface area contributed by atoms with Crippen molar-refractivity contribution in [1.82, 2.24) is 5.32 Å². The van der Waals surface area contributed by atoms with Crippen LogP contribution in [0.5, 0.6) is 11.5 Å². The van der Waals surface area contributed by atoms with E-state index in [1.165, 1.54) is 0 Å². The molecule has 4 N–H and O–H groups in total. The molecule has 2 aromatic rings. The molecule has 0 saturated heterocycles. The molecule has 32 heavy (non-hydrogen) atoms. The van der Waals surface area contributed by atoms with Crippen molar-refractivity contribution in [2.45, 2.75) is 37.2 Å². The van der Waals surface area contributed by atoms with Crippen molar-refractivity contribution < 1.29 is 34.4 Å². The van der Waals surface area contributed by atoms with E-state index in [1.54, 1.807) is 30.3 Å². The fourth-order valence-electron chi connectivity index (χ4n) is 3.80. The molecule has 4 rings (SSSR count). The van der Waals surface area contributed by atoms with Crippen LogP contribution in [0.15, 0.2) is 36.4 Å². The van der Waals surface area contributed by atoms with Crippen molar-refractivity contribution in [3.05, 3.63) is 58.1 Å². The summed E-state index contributed by atoms with van der Waals surface area (Å²) < 4.78 is 10.4. The third-order valence-corrected chi connectivity index (χ3v) is 5.63. The average Bonchev–Trinajstić information content (AvgIpc) is 3.10.